The third-order valence-electron chi connectivity index (χ3n) is 2.64. The summed E-state index contributed by atoms with van der Waals surface area (Å²) in [4.78, 5) is 22.9. The van der Waals surface area contributed by atoms with E-state index in [0.717, 1.165) is 5.56 Å². The maximum Gasteiger partial charge on any atom is 0.248 e. The molecule has 19 heavy (non-hydrogen) atoms. The molecule has 2 aromatic rings. The molecule has 0 atom stereocenters. The van der Waals surface area contributed by atoms with E-state index >= 15 is 0 Å². The summed E-state index contributed by atoms with van der Waals surface area (Å²) in [5.41, 5.74) is 7.06. The van der Waals surface area contributed by atoms with Crippen LogP contribution in [0.25, 0.3) is 0 Å². The number of rotatable bonds is 4. The van der Waals surface area contributed by atoms with Crippen LogP contribution in [0.5, 0.6) is 0 Å². The third kappa shape index (κ3) is 3.67. The van der Waals surface area contributed by atoms with Gasteiger partial charge in [0.05, 0.1) is 6.42 Å². The fourth-order valence-corrected chi connectivity index (χ4v) is 1.74. The Morgan fingerprint density at radius 1 is 1.00 bits per heavy atom. The highest BCUT2D eigenvalue weighted by Gasteiger charge is 2.05. The second kappa shape index (κ2) is 5.82. The van der Waals surface area contributed by atoms with Gasteiger partial charge in [0.2, 0.25) is 11.8 Å². The molecule has 0 radical (unpaired) electrons. The molecule has 0 unspecified atom stereocenters. The van der Waals surface area contributed by atoms with Gasteiger partial charge in [0.15, 0.2) is 0 Å². The Kier molecular flexibility index (Phi) is 3.93. The minimum absolute atomic E-state index is 0.132. The number of amides is 2. The topological polar surface area (TPSA) is 72.2 Å². The average Bonchev–Trinajstić information content (AvgIpc) is 2.40. The molecule has 0 aromatic heterocycles. The summed E-state index contributed by atoms with van der Waals surface area (Å²) in [7, 11) is 0. The lowest BCUT2D eigenvalue weighted by atomic mass is 10.1. The molecule has 4 nitrogen and oxygen atoms in total. The van der Waals surface area contributed by atoms with Gasteiger partial charge in [-0.2, -0.15) is 0 Å². The van der Waals surface area contributed by atoms with Gasteiger partial charge < -0.3 is 11.1 Å². The van der Waals surface area contributed by atoms with Crippen LogP contribution >= 0.6 is 0 Å². The van der Waals surface area contributed by atoms with Crippen molar-refractivity contribution in [2.24, 2.45) is 5.73 Å². The van der Waals surface area contributed by atoms with E-state index in [9.17, 15) is 9.59 Å². The van der Waals surface area contributed by atoms with Gasteiger partial charge in [-0.3, -0.25) is 9.59 Å². The minimum atomic E-state index is -0.515. The Morgan fingerprint density at radius 2 is 1.74 bits per heavy atom. The van der Waals surface area contributed by atoms with E-state index in [0.29, 0.717) is 17.7 Å². The van der Waals surface area contributed by atoms with Gasteiger partial charge in [-0.1, -0.05) is 36.4 Å². The molecule has 0 aliphatic heterocycles. The first-order chi connectivity index (χ1) is 9.15. The molecule has 2 rings (SSSR count). The minimum Gasteiger partial charge on any atom is -0.366 e. The number of carbonyl (C=O) groups excluding carboxylic acids is 2. The predicted octanol–water partition coefficient (Wildman–Crippen LogP) is 1.97. The lowest BCUT2D eigenvalue weighted by Gasteiger charge is -2.06. The number of nitrogens with two attached hydrogens (primary N) is 1. The zero-order valence-corrected chi connectivity index (χ0v) is 10.3. The molecule has 3 N–H and O–H groups in total. The Hall–Kier alpha value is -2.62. The van der Waals surface area contributed by atoms with E-state index in [1.807, 2.05) is 30.3 Å². The Labute approximate surface area is 111 Å². The summed E-state index contributed by atoms with van der Waals surface area (Å²) in [5.74, 6) is -0.646. The molecular weight excluding hydrogens is 240 g/mol. The first-order valence-corrected chi connectivity index (χ1v) is 5.89. The summed E-state index contributed by atoms with van der Waals surface area (Å²) < 4.78 is 0. The van der Waals surface area contributed by atoms with E-state index < -0.39 is 5.91 Å². The molecule has 0 aliphatic rings. The molecule has 2 aromatic carbocycles. The number of carbonyl (C=O) groups is 2. The Morgan fingerprint density at radius 3 is 2.42 bits per heavy atom. The van der Waals surface area contributed by atoms with Gasteiger partial charge in [0, 0.05) is 11.3 Å². The van der Waals surface area contributed by atoms with Crippen LogP contribution in [0.1, 0.15) is 15.9 Å². The predicted molar refractivity (Wildman–Crippen MR) is 73.7 cm³/mol. The van der Waals surface area contributed by atoms with Gasteiger partial charge in [0.1, 0.15) is 0 Å². The average molecular weight is 254 g/mol. The van der Waals surface area contributed by atoms with Gasteiger partial charge >= 0.3 is 0 Å². The van der Waals surface area contributed by atoms with Crippen LogP contribution in [0.2, 0.25) is 0 Å². The largest absolute Gasteiger partial charge is 0.366 e. The number of hydrogen-bond donors (Lipinski definition) is 2. The van der Waals surface area contributed by atoms with Crippen molar-refractivity contribution in [1.82, 2.24) is 0 Å². The molecule has 0 saturated carbocycles. The maximum atomic E-state index is 11.8. The molecule has 0 fully saturated rings. The SMILES string of the molecule is NC(=O)c1cccc(NC(=O)Cc2ccccc2)c1. The molecule has 0 bridgehead atoms. The molecule has 4 heteroatoms. The maximum absolute atomic E-state index is 11.8. The van der Waals surface area contributed by atoms with Gasteiger partial charge in [0.25, 0.3) is 0 Å². The molecule has 0 saturated heterocycles. The van der Waals surface area contributed by atoms with Crippen LogP contribution < -0.4 is 11.1 Å². The molecule has 0 heterocycles. The fourth-order valence-electron chi connectivity index (χ4n) is 1.74. The van der Waals surface area contributed by atoms with Gasteiger partial charge in [-0.25, -0.2) is 0 Å². The van der Waals surface area contributed by atoms with Gasteiger partial charge in [-0.05, 0) is 23.8 Å². The fraction of sp³-hybridized carbons (Fsp3) is 0.0667. The van der Waals surface area contributed by atoms with E-state index in [1.165, 1.54) is 0 Å². The first kappa shape index (κ1) is 12.8. The molecule has 0 aliphatic carbocycles. The van der Waals surface area contributed by atoms with Crippen molar-refractivity contribution in [1.29, 1.82) is 0 Å². The molecule has 96 valence electrons. The summed E-state index contributed by atoms with van der Waals surface area (Å²) in [6.45, 7) is 0. The van der Waals surface area contributed by atoms with Crippen molar-refractivity contribution >= 4 is 17.5 Å². The molecule has 0 spiro atoms. The molecule has 2 amide bonds. The van der Waals surface area contributed by atoms with E-state index in [4.69, 9.17) is 5.73 Å². The van der Waals surface area contributed by atoms with Crippen molar-refractivity contribution in [2.45, 2.75) is 6.42 Å². The number of hydrogen-bond acceptors (Lipinski definition) is 2. The number of primary amides is 1. The second-order valence-corrected chi connectivity index (χ2v) is 4.16. The van der Waals surface area contributed by atoms with Crippen LogP contribution in [-0.2, 0) is 11.2 Å². The highest BCUT2D eigenvalue weighted by molar-refractivity contribution is 5.96. The van der Waals surface area contributed by atoms with Crippen molar-refractivity contribution < 1.29 is 9.59 Å². The number of nitrogens with one attached hydrogen (secondary N) is 1. The highest BCUT2D eigenvalue weighted by Crippen LogP contribution is 2.11. The van der Waals surface area contributed by atoms with Crippen LogP contribution in [0, 0.1) is 0 Å². The van der Waals surface area contributed by atoms with Crippen LogP contribution in [0.3, 0.4) is 0 Å². The summed E-state index contributed by atoms with van der Waals surface area (Å²) in [5, 5.41) is 2.74. The smallest absolute Gasteiger partial charge is 0.248 e. The van der Waals surface area contributed by atoms with Crippen LogP contribution in [0.4, 0.5) is 5.69 Å². The summed E-state index contributed by atoms with van der Waals surface area (Å²) in [6.07, 6.45) is 0.293. The number of anilines is 1. The number of benzene rings is 2. The van der Waals surface area contributed by atoms with Crippen molar-refractivity contribution in [2.75, 3.05) is 5.32 Å². The van der Waals surface area contributed by atoms with Crippen LogP contribution in [0.15, 0.2) is 54.6 Å². The van der Waals surface area contributed by atoms with Crippen molar-refractivity contribution in [3.63, 3.8) is 0 Å². The first-order valence-electron chi connectivity index (χ1n) is 5.89. The van der Waals surface area contributed by atoms with E-state index in [-0.39, 0.29) is 5.91 Å². The van der Waals surface area contributed by atoms with Crippen molar-refractivity contribution in [3.8, 4) is 0 Å². The zero-order valence-electron chi connectivity index (χ0n) is 10.3. The lowest BCUT2D eigenvalue weighted by molar-refractivity contribution is -0.115. The van der Waals surface area contributed by atoms with Crippen LogP contribution in [-0.4, -0.2) is 11.8 Å². The zero-order chi connectivity index (χ0) is 13.7. The Bertz CT molecular complexity index is 594. The van der Waals surface area contributed by atoms with Crippen molar-refractivity contribution in [3.05, 3.63) is 65.7 Å². The Balaban J connectivity index is 2.03. The summed E-state index contributed by atoms with van der Waals surface area (Å²) in [6, 6.07) is 16.0. The molecular formula is C15H14N2O2. The standard InChI is InChI=1S/C15H14N2O2/c16-15(19)12-7-4-8-13(10-12)17-14(18)9-11-5-2-1-3-6-11/h1-8,10H,9H2,(H2,16,19)(H,17,18). The second-order valence-electron chi connectivity index (χ2n) is 4.16. The quantitative estimate of drug-likeness (QED) is 0.875. The summed E-state index contributed by atoms with van der Waals surface area (Å²) >= 11 is 0. The lowest BCUT2D eigenvalue weighted by Crippen LogP contribution is -2.16. The van der Waals surface area contributed by atoms with E-state index in [2.05, 4.69) is 5.32 Å². The van der Waals surface area contributed by atoms with Gasteiger partial charge in [-0.15, -0.1) is 0 Å². The normalized spacial score (nSPS) is 9.89. The highest BCUT2D eigenvalue weighted by atomic mass is 16.2. The van der Waals surface area contributed by atoms with E-state index in [1.54, 1.807) is 24.3 Å². The monoisotopic (exact) mass is 254 g/mol. The third-order valence-corrected chi connectivity index (χ3v) is 2.64.